The summed E-state index contributed by atoms with van der Waals surface area (Å²) < 4.78 is 68.9. The molecule has 0 aromatic heterocycles. The van der Waals surface area contributed by atoms with E-state index >= 15 is 0 Å². The molecule has 348 valence electrons. The molecule has 0 saturated carbocycles. The molecule has 10 atom stereocenters. The Morgan fingerprint density at radius 3 is 1.62 bits per heavy atom. The van der Waals surface area contributed by atoms with Gasteiger partial charge >= 0.3 is 17.9 Å². The average molecular weight is 907 g/mol. The molecule has 0 spiro atoms. The third-order valence-electron chi connectivity index (χ3n) is 10.8. The lowest BCUT2D eigenvalue weighted by molar-refractivity contribution is -0.366. The quantitative estimate of drug-likeness (QED) is 0.0673. The Bertz CT molecular complexity index is 2250. The molecule has 2 aliphatic rings. The highest BCUT2D eigenvalue weighted by molar-refractivity contribution is 5.89. The first-order valence-corrected chi connectivity index (χ1v) is 21.6. The summed E-state index contributed by atoms with van der Waals surface area (Å²) in [6.45, 7) is 2.21. The fourth-order valence-corrected chi connectivity index (χ4v) is 7.53. The van der Waals surface area contributed by atoms with Crippen LogP contribution in [0.4, 0.5) is 0 Å². The van der Waals surface area contributed by atoms with Crippen molar-refractivity contribution < 1.29 is 71.6 Å². The van der Waals surface area contributed by atoms with Crippen LogP contribution < -0.4 is 9.47 Å². The number of carbonyl (C=O) groups excluding carboxylic acids is 3. The predicted octanol–water partition coefficient (Wildman–Crippen LogP) is 6.38. The molecule has 2 aliphatic heterocycles. The molecule has 2 fully saturated rings. The van der Waals surface area contributed by atoms with Crippen LogP contribution in [0.5, 0.6) is 11.5 Å². The predicted molar refractivity (Wildman–Crippen MR) is 236 cm³/mol. The van der Waals surface area contributed by atoms with Crippen LogP contribution >= 0.6 is 0 Å². The van der Waals surface area contributed by atoms with Gasteiger partial charge in [0.2, 0.25) is 6.29 Å². The van der Waals surface area contributed by atoms with E-state index in [0.29, 0.717) is 11.5 Å². The first kappa shape index (κ1) is 47.8. The normalized spacial score (nSPS) is 25.0. The molecule has 0 amide bonds. The molecule has 0 bridgehead atoms. The van der Waals surface area contributed by atoms with Crippen molar-refractivity contribution in [3.63, 3.8) is 0 Å². The maximum atomic E-state index is 14.0. The Morgan fingerprint density at radius 1 is 0.530 bits per heavy atom. The van der Waals surface area contributed by atoms with Crippen LogP contribution in [0, 0.1) is 0 Å². The number of aliphatic hydroxyl groups excluding tert-OH is 1. The number of methoxy groups -OCH3 is 1. The summed E-state index contributed by atoms with van der Waals surface area (Å²) in [6, 6.07) is 43.1. The van der Waals surface area contributed by atoms with Gasteiger partial charge in [0.05, 0.1) is 39.1 Å². The number of aliphatic hydroxyl groups is 1. The van der Waals surface area contributed by atoms with Crippen molar-refractivity contribution in [3.05, 3.63) is 168 Å². The second-order valence-corrected chi connectivity index (χ2v) is 15.6. The summed E-state index contributed by atoms with van der Waals surface area (Å²) in [5.41, 5.74) is 2.68. The van der Waals surface area contributed by atoms with Crippen molar-refractivity contribution in [2.75, 3.05) is 20.3 Å². The van der Waals surface area contributed by atoms with Crippen LogP contribution in [0.2, 0.25) is 0 Å². The molecule has 1 N–H and O–H groups in total. The highest BCUT2D eigenvalue weighted by atomic mass is 16.8. The maximum absolute atomic E-state index is 14.0. The van der Waals surface area contributed by atoms with Crippen molar-refractivity contribution in [1.29, 1.82) is 0 Å². The molecule has 15 heteroatoms. The second kappa shape index (κ2) is 23.8. The summed E-state index contributed by atoms with van der Waals surface area (Å²) in [7, 11) is 1.54. The van der Waals surface area contributed by atoms with Crippen molar-refractivity contribution >= 4 is 17.9 Å². The monoisotopic (exact) mass is 906 g/mol. The van der Waals surface area contributed by atoms with Gasteiger partial charge in [-0.2, -0.15) is 0 Å². The Balaban J connectivity index is 1.29. The van der Waals surface area contributed by atoms with Gasteiger partial charge in [0.1, 0.15) is 48.6 Å². The molecule has 0 aliphatic carbocycles. The standard InChI is InChI=1S/C51H54O15/c1-33(52)58-32-42-44(61-34(2)53)46(59-29-36-18-10-5-11-19-36)47(60-30-37-20-12-6-13-21-37)50(64-42)66-48-45(65-49(55)38-22-14-7-15-23-38)43(54)41(31-57-28-35-16-8-4-9-17-35)63-51(48)62-40-26-24-39(56-3)25-27-40/h4-27,41-48,50-51,54H,28-32H2,1-3H3/t41-,42-,43-,44-,45+,46+,47-,48-,50+,51-/m1/s1. The van der Waals surface area contributed by atoms with E-state index < -0.39 is 79.3 Å². The first-order valence-electron chi connectivity index (χ1n) is 21.6. The Hall–Kier alpha value is -6.17. The van der Waals surface area contributed by atoms with Gasteiger partial charge < -0.3 is 57.2 Å². The third kappa shape index (κ3) is 13.2. The number of carbonyl (C=O) groups is 3. The minimum atomic E-state index is -1.56. The summed E-state index contributed by atoms with van der Waals surface area (Å²) in [5.74, 6) is -1.16. The zero-order valence-electron chi connectivity index (χ0n) is 36.8. The summed E-state index contributed by atoms with van der Waals surface area (Å²) in [5, 5.41) is 12.2. The van der Waals surface area contributed by atoms with E-state index in [9.17, 15) is 19.5 Å². The number of hydrogen-bond donors (Lipinski definition) is 1. The highest BCUT2D eigenvalue weighted by Crippen LogP contribution is 2.36. The molecule has 2 saturated heterocycles. The SMILES string of the molecule is COc1ccc(O[C@@H]2O[C@H](COCc3ccccc3)[C@@H](O)[C@H](OC(=O)c3ccccc3)[C@H]2O[C@@H]2O[C@H](COC(C)=O)[C@@H](OC(C)=O)[C@H](OCc3ccccc3)[C@H]2OCc2ccccc2)cc1. The topological polar surface area (TPSA) is 173 Å². The van der Waals surface area contributed by atoms with E-state index in [1.807, 2.05) is 91.0 Å². The smallest absolute Gasteiger partial charge is 0.338 e. The van der Waals surface area contributed by atoms with Gasteiger partial charge in [-0.25, -0.2) is 4.79 Å². The minimum absolute atomic E-state index is 0.0180. The van der Waals surface area contributed by atoms with E-state index in [4.69, 9.17) is 52.1 Å². The Labute approximate surface area is 383 Å². The van der Waals surface area contributed by atoms with Gasteiger partial charge in [-0.1, -0.05) is 109 Å². The van der Waals surface area contributed by atoms with Crippen molar-refractivity contribution in [2.45, 2.75) is 95.1 Å². The number of ether oxygens (including phenoxy) is 11. The fourth-order valence-electron chi connectivity index (χ4n) is 7.53. The molecule has 5 aromatic rings. The second-order valence-electron chi connectivity index (χ2n) is 15.6. The van der Waals surface area contributed by atoms with Gasteiger partial charge in [0.25, 0.3) is 0 Å². The molecular weight excluding hydrogens is 853 g/mol. The van der Waals surface area contributed by atoms with Gasteiger partial charge in [0.15, 0.2) is 24.6 Å². The molecule has 15 nitrogen and oxygen atoms in total. The lowest BCUT2D eigenvalue weighted by atomic mass is 9.96. The fraction of sp³-hybridized carbons (Fsp3) is 0.353. The number of esters is 3. The van der Waals surface area contributed by atoms with Gasteiger partial charge in [-0.15, -0.1) is 0 Å². The van der Waals surface area contributed by atoms with Crippen LogP contribution in [0.3, 0.4) is 0 Å². The third-order valence-corrected chi connectivity index (χ3v) is 10.8. The molecule has 66 heavy (non-hydrogen) atoms. The van der Waals surface area contributed by atoms with E-state index in [1.54, 1.807) is 54.6 Å². The molecule has 7 rings (SSSR count). The zero-order valence-corrected chi connectivity index (χ0v) is 36.8. The summed E-state index contributed by atoms with van der Waals surface area (Å²) >= 11 is 0. The first-order chi connectivity index (χ1) is 32.1. The van der Waals surface area contributed by atoms with Crippen LogP contribution in [0.15, 0.2) is 146 Å². The minimum Gasteiger partial charge on any atom is -0.497 e. The van der Waals surface area contributed by atoms with Gasteiger partial charge in [-0.05, 0) is 53.1 Å². The van der Waals surface area contributed by atoms with Gasteiger partial charge in [0, 0.05) is 13.8 Å². The summed E-state index contributed by atoms with van der Waals surface area (Å²) in [6.07, 6.45) is -13.2. The Kier molecular flexibility index (Phi) is 17.3. The largest absolute Gasteiger partial charge is 0.497 e. The van der Waals surface area contributed by atoms with Crippen LogP contribution in [-0.4, -0.2) is 105 Å². The Morgan fingerprint density at radius 2 is 1.06 bits per heavy atom. The molecule has 0 unspecified atom stereocenters. The van der Waals surface area contributed by atoms with Crippen molar-refractivity contribution in [2.24, 2.45) is 0 Å². The molecule has 5 aromatic carbocycles. The summed E-state index contributed by atoms with van der Waals surface area (Å²) in [4.78, 5) is 39.1. The highest BCUT2D eigenvalue weighted by Gasteiger charge is 2.56. The van der Waals surface area contributed by atoms with Crippen molar-refractivity contribution in [1.82, 2.24) is 0 Å². The van der Waals surface area contributed by atoms with E-state index in [0.717, 1.165) is 16.7 Å². The average Bonchev–Trinajstić information content (AvgIpc) is 3.34. The number of benzene rings is 5. The van der Waals surface area contributed by atoms with Crippen LogP contribution in [-0.2, 0) is 72.0 Å². The van der Waals surface area contributed by atoms with Crippen LogP contribution in [0.25, 0.3) is 0 Å². The number of hydrogen-bond acceptors (Lipinski definition) is 15. The zero-order chi connectivity index (χ0) is 46.3. The van der Waals surface area contributed by atoms with E-state index in [2.05, 4.69) is 0 Å². The van der Waals surface area contributed by atoms with E-state index in [-0.39, 0.29) is 38.6 Å². The molecule has 2 heterocycles. The molecular formula is C51H54O15. The van der Waals surface area contributed by atoms with Gasteiger partial charge in [-0.3, -0.25) is 9.59 Å². The number of rotatable bonds is 20. The lowest BCUT2D eigenvalue weighted by Crippen LogP contribution is -2.67. The van der Waals surface area contributed by atoms with E-state index in [1.165, 1.54) is 21.0 Å². The molecule has 0 radical (unpaired) electrons. The lowest BCUT2D eigenvalue weighted by Gasteiger charge is -2.48. The van der Waals surface area contributed by atoms with Crippen LogP contribution in [0.1, 0.15) is 40.9 Å². The van der Waals surface area contributed by atoms with Crippen molar-refractivity contribution in [3.8, 4) is 11.5 Å². The maximum Gasteiger partial charge on any atom is 0.338 e.